The van der Waals surface area contributed by atoms with Gasteiger partial charge in [-0.15, -0.1) is 0 Å². The van der Waals surface area contributed by atoms with Gasteiger partial charge >= 0.3 is 23.5 Å². The maximum Gasteiger partial charge on any atom is 0.472 e. The van der Waals surface area contributed by atoms with E-state index in [1.807, 2.05) is 36.4 Å². The van der Waals surface area contributed by atoms with Crippen LogP contribution in [0.1, 0.15) is 42.6 Å². The molecule has 18 heteroatoms. The maximum absolute atomic E-state index is 12.7. The molecule has 5 unspecified atom stereocenters. The molecule has 45 heavy (non-hydrogen) atoms. The van der Waals surface area contributed by atoms with Crippen LogP contribution < -0.4 is 0 Å². The zero-order valence-corrected chi connectivity index (χ0v) is 27.5. The number of phosphoric acid groups is 3. The number of phosphoric ester groups is 3. The second-order valence-corrected chi connectivity index (χ2v) is 14.7. The topological polar surface area (TPSA) is 195 Å². The molecule has 0 bridgehead atoms. The van der Waals surface area contributed by atoms with E-state index in [4.69, 9.17) is 36.8 Å². The van der Waals surface area contributed by atoms with Gasteiger partial charge in [0.15, 0.2) is 0 Å². The van der Waals surface area contributed by atoms with Gasteiger partial charge in [0.05, 0.1) is 44.7 Å². The van der Waals surface area contributed by atoms with Crippen LogP contribution in [0.25, 0.3) is 0 Å². The number of benzene rings is 2. The van der Waals surface area contributed by atoms with Gasteiger partial charge in [-0.2, -0.15) is 0 Å². The van der Waals surface area contributed by atoms with Gasteiger partial charge in [0.2, 0.25) is 0 Å². The number of ether oxygens (including phenoxy) is 3. The monoisotopic (exact) mass is 696 g/mol. The predicted molar refractivity (Wildman–Crippen MR) is 158 cm³/mol. The normalized spacial score (nSPS) is 29.2. The first-order chi connectivity index (χ1) is 21.4. The van der Waals surface area contributed by atoms with Crippen molar-refractivity contribution in [1.29, 1.82) is 0 Å². The van der Waals surface area contributed by atoms with Gasteiger partial charge in [-0.3, -0.25) is 27.1 Å². The van der Waals surface area contributed by atoms with Gasteiger partial charge in [0.25, 0.3) is 0 Å². The molecule has 0 aromatic heterocycles. The Labute approximate surface area is 261 Å². The molecule has 9 atom stereocenters. The zero-order chi connectivity index (χ0) is 32.5. The first-order valence-electron chi connectivity index (χ1n) is 14.1. The fourth-order valence-electron chi connectivity index (χ4n) is 4.90. The molecule has 2 fully saturated rings. The van der Waals surface area contributed by atoms with Gasteiger partial charge in [-0.05, 0) is 17.5 Å². The standard InChI is InChI=1S/C27H39O15P3/c1-34-24-16-22(20-10-5-3-6-11-20)40-26(24)18-39-44(30,31)36-14-9-15-37-45(32,33)42-25-17-23(21-12-7-4-8-13-21)41-27(25)19-38-43(28,29)35-2/h3-8,10-13,22-27H,9,14-19H2,1-2H3,(H,28,29)(H,30,31)(H,32,33)/t22-,23-,24?,25?,26-,27-/m1/s1. The lowest BCUT2D eigenvalue weighted by Crippen LogP contribution is -2.28. The highest BCUT2D eigenvalue weighted by Crippen LogP contribution is 2.51. The Balaban J connectivity index is 1.21. The van der Waals surface area contributed by atoms with Crippen LogP contribution in [-0.2, 0) is 55.0 Å². The number of hydrogen-bond acceptors (Lipinski definition) is 12. The van der Waals surface area contributed by atoms with E-state index < -0.39 is 54.5 Å². The van der Waals surface area contributed by atoms with Crippen molar-refractivity contribution in [3.63, 3.8) is 0 Å². The minimum atomic E-state index is -4.67. The first kappa shape index (κ1) is 36.5. The van der Waals surface area contributed by atoms with E-state index in [0.29, 0.717) is 6.42 Å². The molecular weight excluding hydrogens is 657 g/mol. The summed E-state index contributed by atoms with van der Waals surface area (Å²) >= 11 is 0. The number of hydrogen-bond donors (Lipinski definition) is 3. The lowest BCUT2D eigenvalue weighted by Gasteiger charge is -2.22. The van der Waals surface area contributed by atoms with Crippen molar-refractivity contribution < 1.29 is 69.7 Å². The molecule has 2 aliphatic rings. The SMILES string of the molecule is COC1C[C@H](c2ccccc2)O[C@@H]1COP(=O)(O)OCCCOP(=O)(O)OC1C[C@H](c2ccccc2)O[C@@H]1COP(=O)(O)OC. The highest BCUT2D eigenvalue weighted by Gasteiger charge is 2.43. The quantitative estimate of drug-likeness (QED) is 0.141. The molecule has 252 valence electrons. The van der Waals surface area contributed by atoms with Crippen molar-refractivity contribution in [2.75, 3.05) is 40.6 Å². The van der Waals surface area contributed by atoms with E-state index >= 15 is 0 Å². The van der Waals surface area contributed by atoms with E-state index in [1.165, 1.54) is 7.11 Å². The zero-order valence-electron chi connectivity index (χ0n) is 24.8. The summed E-state index contributed by atoms with van der Waals surface area (Å²) in [6.07, 6.45) is -3.16. The molecular formula is C27H39O15P3. The van der Waals surface area contributed by atoms with Crippen molar-refractivity contribution in [3.05, 3.63) is 71.8 Å². The van der Waals surface area contributed by atoms with Crippen molar-refractivity contribution in [2.24, 2.45) is 0 Å². The molecule has 3 N–H and O–H groups in total. The van der Waals surface area contributed by atoms with Crippen LogP contribution >= 0.6 is 23.5 Å². The van der Waals surface area contributed by atoms with Gasteiger partial charge in [0.1, 0.15) is 18.3 Å². The molecule has 0 aliphatic carbocycles. The summed E-state index contributed by atoms with van der Waals surface area (Å²) in [5, 5.41) is 0. The molecule has 0 radical (unpaired) electrons. The largest absolute Gasteiger partial charge is 0.472 e. The Kier molecular flexibility index (Phi) is 13.5. The molecule has 2 aromatic rings. The summed E-state index contributed by atoms with van der Waals surface area (Å²) in [6.45, 7) is -1.41. The Morgan fingerprint density at radius 2 is 1.13 bits per heavy atom. The summed E-state index contributed by atoms with van der Waals surface area (Å²) in [6, 6.07) is 18.5. The van der Waals surface area contributed by atoms with Gasteiger partial charge in [-0.25, -0.2) is 13.7 Å². The minimum Gasteiger partial charge on any atom is -0.379 e. The van der Waals surface area contributed by atoms with E-state index in [-0.39, 0.29) is 44.9 Å². The fraction of sp³-hybridized carbons (Fsp3) is 0.556. The van der Waals surface area contributed by atoms with Crippen LogP contribution in [0.4, 0.5) is 0 Å². The summed E-state index contributed by atoms with van der Waals surface area (Å²) in [5.41, 5.74) is 1.72. The van der Waals surface area contributed by atoms with Crippen LogP contribution in [0.15, 0.2) is 60.7 Å². The summed E-state index contributed by atoms with van der Waals surface area (Å²) in [4.78, 5) is 30.0. The molecule has 2 heterocycles. The lowest BCUT2D eigenvalue weighted by atomic mass is 10.0. The third kappa shape index (κ3) is 11.4. The Bertz CT molecular complexity index is 1330. The van der Waals surface area contributed by atoms with Crippen LogP contribution in [0.3, 0.4) is 0 Å². The van der Waals surface area contributed by atoms with Crippen LogP contribution in [0, 0.1) is 0 Å². The minimum absolute atomic E-state index is 0.0552. The molecule has 0 spiro atoms. The van der Waals surface area contributed by atoms with Gasteiger partial charge < -0.3 is 28.9 Å². The second kappa shape index (κ2) is 16.7. The Morgan fingerprint density at radius 3 is 1.64 bits per heavy atom. The fourth-order valence-corrected chi connectivity index (χ4v) is 7.09. The molecule has 15 nitrogen and oxygen atoms in total. The molecule has 4 rings (SSSR count). The van der Waals surface area contributed by atoms with E-state index in [1.54, 1.807) is 24.3 Å². The maximum atomic E-state index is 12.7. The van der Waals surface area contributed by atoms with E-state index in [2.05, 4.69) is 4.52 Å². The Morgan fingerprint density at radius 1 is 0.667 bits per heavy atom. The van der Waals surface area contributed by atoms with Gasteiger partial charge in [0, 0.05) is 27.1 Å². The average molecular weight is 697 g/mol. The van der Waals surface area contributed by atoms with E-state index in [9.17, 15) is 28.4 Å². The van der Waals surface area contributed by atoms with Crippen molar-refractivity contribution in [3.8, 4) is 0 Å². The van der Waals surface area contributed by atoms with Crippen LogP contribution in [0.2, 0.25) is 0 Å². The third-order valence-corrected chi connectivity index (χ3v) is 10.1. The Hall–Kier alpha value is -1.35. The lowest BCUT2D eigenvalue weighted by molar-refractivity contribution is -0.0357. The van der Waals surface area contributed by atoms with Crippen molar-refractivity contribution in [1.82, 2.24) is 0 Å². The third-order valence-electron chi connectivity index (χ3n) is 7.15. The van der Waals surface area contributed by atoms with Crippen LogP contribution in [-0.4, -0.2) is 79.7 Å². The smallest absolute Gasteiger partial charge is 0.379 e. The number of rotatable bonds is 18. The highest BCUT2D eigenvalue weighted by molar-refractivity contribution is 7.47. The van der Waals surface area contributed by atoms with Crippen LogP contribution in [0.5, 0.6) is 0 Å². The predicted octanol–water partition coefficient (Wildman–Crippen LogP) is 4.85. The summed E-state index contributed by atoms with van der Waals surface area (Å²) in [5.74, 6) is 0. The van der Waals surface area contributed by atoms with Gasteiger partial charge in [-0.1, -0.05) is 60.7 Å². The molecule has 0 amide bonds. The van der Waals surface area contributed by atoms with E-state index in [0.717, 1.165) is 18.2 Å². The van der Waals surface area contributed by atoms with Crippen molar-refractivity contribution in [2.45, 2.75) is 55.9 Å². The molecule has 2 aromatic carbocycles. The first-order valence-corrected chi connectivity index (χ1v) is 18.6. The molecule has 2 aliphatic heterocycles. The summed E-state index contributed by atoms with van der Waals surface area (Å²) in [7, 11) is -11.0. The van der Waals surface area contributed by atoms with Crippen molar-refractivity contribution >= 4 is 23.5 Å². The average Bonchev–Trinajstić information content (AvgIpc) is 3.63. The highest BCUT2D eigenvalue weighted by atomic mass is 31.2. The molecule has 0 saturated carbocycles. The molecule has 2 saturated heterocycles. The summed E-state index contributed by atoms with van der Waals surface area (Å²) < 4.78 is 84.0. The number of methoxy groups -OCH3 is 1. The second-order valence-electron chi connectivity index (χ2n) is 10.2.